The molecule has 1 aromatic heterocycles. The van der Waals surface area contributed by atoms with Gasteiger partial charge in [0.05, 0.1) is 22.3 Å². The maximum atomic E-state index is 13.0. The Hall–Kier alpha value is -3.09. The summed E-state index contributed by atoms with van der Waals surface area (Å²) in [4.78, 5) is 31.2. The van der Waals surface area contributed by atoms with Crippen LogP contribution in [0, 0.1) is 0 Å². The number of halogens is 2. The number of nitrogens with one attached hydrogen (secondary N) is 1. The van der Waals surface area contributed by atoms with Crippen molar-refractivity contribution in [3.63, 3.8) is 0 Å². The number of aromatic nitrogens is 1. The van der Waals surface area contributed by atoms with Crippen molar-refractivity contribution in [2.24, 2.45) is 0 Å². The third-order valence-corrected chi connectivity index (χ3v) is 5.71. The van der Waals surface area contributed by atoms with Crippen LogP contribution in [0.2, 0.25) is 10.0 Å². The quantitative estimate of drug-likeness (QED) is 0.368. The average Bonchev–Trinajstić information content (AvgIpc) is 2.78. The van der Waals surface area contributed by atoms with Gasteiger partial charge in [-0.1, -0.05) is 56.1 Å². The van der Waals surface area contributed by atoms with Crippen LogP contribution >= 0.6 is 23.2 Å². The number of carbonyl (C=O) groups excluding carboxylic acids is 2. The molecule has 0 unspecified atom stereocenters. The molecule has 0 saturated heterocycles. The number of amides is 1. The number of benzene rings is 2. The molecule has 1 heterocycles. The van der Waals surface area contributed by atoms with E-state index in [1.807, 2.05) is 24.3 Å². The van der Waals surface area contributed by atoms with Gasteiger partial charge in [-0.25, -0.2) is 4.98 Å². The van der Waals surface area contributed by atoms with Crippen molar-refractivity contribution in [3.05, 3.63) is 82.0 Å². The van der Waals surface area contributed by atoms with Crippen LogP contribution < -0.4 is 10.2 Å². The summed E-state index contributed by atoms with van der Waals surface area (Å²) in [5.41, 5.74) is 2.63. The van der Waals surface area contributed by atoms with Crippen LogP contribution in [-0.2, 0) is 14.9 Å². The highest BCUT2D eigenvalue weighted by molar-refractivity contribution is 6.35. The van der Waals surface area contributed by atoms with Crippen LogP contribution in [0.15, 0.2) is 60.8 Å². The number of pyridine rings is 1. The summed E-state index contributed by atoms with van der Waals surface area (Å²) in [5.74, 6) is -0.465. The molecule has 0 fully saturated rings. The van der Waals surface area contributed by atoms with Gasteiger partial charge in [0.1, 0.15) is 6.54 Å². The second kappa shape index (κ2) is 10.9. The second-order valence-electron chi connectivity index (χ2n) is 8.65. The summed E-state index contributed by atoms with van der Waals surface area (Å²) in [5, 5.41) is 3.56. The standard InChI is InChI=1S/C26H27Cl2N3O3/c1-5-34-23(32)16-31(24-21(28)7-6-14-29-24)22-15-17(8-13-20(22)27)25(33)30-19-11-9-18(10-12-19)26(2,3)4/h6-15H,5,16H2,1-4H3,(H,30,33). The minimum absolute atomic E-state index is 0.0166. The van der Waals surface area contributed by atoms with Crippen molar-refractivity contribution in [2.75, 3.05) is 23.4 Å². The lowest BCUT2D eigenvalue weighted by atomic mass is 9.87. The van der Waals surface area contributed by atoms with Crippen LogP contribution in [0.5, 0.6) is 0 Å². The summed E-state index contributed by atoms with van der Waals surface area (Å²) >= 11 is 12.8. The number of hydrogen-bond donors (Lipinski definition) is 1. The smallest absolute Gasteiger partial charge is 0.326 e. The van der Waals surface area contributed by atoms with Crippen molar-refractivity contribution in [1.82, 2.24) is 4.98 Å². The Labute approximate surface area is 209 Å². The van der Waals surface area contributed by atoms with E-state index in [1.165, 1.54) is 10.5 Å². The molecular weight excluding hydrogens is 473 g/mol. The molecule has 34 heavy (non-hydrogen) atoms. The molecule has 0 radical (unpaired) electrons. The molecule has 3 aromatic rings. The molecule has 0 aliphatic heterocycles. The maximum Gasteiger partial charge on any atom is 0.326 e. The van der Waals surface area contributed by atoms with E-state index in [0.29, 0.717) is 32.8 Å². The normalized spacial score (nSPS) is 11.1. The predicted molar refractivity (Wildman–Crippen MR) is 137 cm³/mol. The third kappa shape index (κ3) is 6.27. The fourth-order valence-electron chi connectivity index (χ4n) is 3.30. The first-order valence-electron chi connectivity index (χ1n) is 10.8. The number of nitrogens with zero attached hydrogens (tertiary/aromatic N) is 2. The van der Waals surface area contributed by atoms with Gasteiger partial charge in [0.2, 0.25) is 0 Å². The molecule has 2 aromatic carbocycles. The topological polar surface area (TPSA) is 71.5 Å². The Balaban J connectivity index is 1.92. The lowest BCUT2D eigenvalue weighted by Gasteiger charge is -2.25. The molecule has 1 amide bonds. The Morgan fingerprint density at radius 1 is 1.03 bits per heavy atom. The molecule has 178 valence electrons. The van der Waals surface area contributed by atoms with E-state index < -0.39 is 5.97 Å². The predicted octanol–water partition coefficient (Wildman–Crippen LogP) is 6.64. The highest BCUT2D eigenvalue weighted by atomic mass is 35.5. The zero-order chi connectivity index (χ0) is 24.9. The third-order valence-electron chi connectivity index (χ3n) is 5.10. The number of rotatable bonds is 7. The van der Waals surface area contributed by atoms with Crippen molar-refractivity contribution < 1.29 is 14.3 Å². The lowest BCUT2D eigenvalue weighted by Crippen LogP contribution is -2.28. The zero-order valence-corrected chi connectivity index (χ0v) is 21.1. The average molecular weight is 500 g/mol. The van der Waals surface area contributed by atoms with Crippen molar-refractivity contribution in [1.29, 1.82) is 0 Å². The van der Waals surface area contributed by atoms with Crippen molar-refractivity contribution in [3.8, 4) is 0 Å². The minimum atomic E-state index is -0.478. The fraction of sp³-hybridized carbons (Fsp3) is 0.269. The van der Waals surface area contributed by atoms with Crippen molar-refractivity contribution in [2.45, 2.75) is 33.1 Å². The van der Waals surface area contributed by atoms with Crippen LogP contribution in [0.4, 0.5) is 17.2 Å². The van der Waals surface area contributed by atoms with Crippen LogP contribution in [0.1, 0.15) is 43.6 Å². The van der Waals surface area contributed by atoms with Gasteiger partial charge in [0, 0.05) is 17.4 Å². The molecule has 0 spiro atoms. The van der Waals surface area contributed by atoms with Gasteiger partial charge in [-0.3, -0.25) is 9.59 Å². The number of esters is 1. The number of carbonyl (C=O) groups is 2. The minimum Gasteiger partial charge on any atom is -0.465 e. The number of anilines is 3. The van der Waals surface area contributed by atoms with Gasteiger partial charge >= 0.3 is 5.97 Å². The van der Waals surface area contributed by atoms with Gasteiger partial charge in [0.25, 0.3) is 5.91 Å². The van der Waals surface area contributed by atoms with E-state index in [9.17, 15) is 9.59 Å². The van der Waals surface area contributed by atoms with Crippen molar-refractivity contribution >= 4 is 52.3 Å². The first-order chi connectivity index (χ1) is 16.1. The Morgan fingerprint density at radius 3 is 2.35 bits per heavy atom. The van der Waals surface area contributed by atoms with E-state index in [-0.39, 0.29) is 24.5 Å². The summed E-state index contributed by atoms with van der Waals surface area (Å²) in [7, 11) is 0. The summed E-state index contributed by atoms with van der Waals surface area (Å²) in [6.07, 6.45) is 1.56. The molecule has 6 nitrogen and oxygen atoms in total. The first-order valence-corrected chi connectivity index (χ1v) is 11.6. The lowest BCUT2D eigenvalue weighted by molar-refractivity contribution is -0.141. The highest BCUT2D eigenvalue weighted by Gasteiger charge is 2.22. The van der Waals surface area contributed by atoms with E-state index in [4.69, 9.17) is 27.9 Å². The molecule has 0 aliphatic rings. The van der Waals surface area contributed by atoms with Gasteiger partial charge in [-0.15, -0.1) is 0 Å². The van der Waals surface area contributed by atoms with Gasteiger partial charge in [-0.2, -0.15) is 0 Å². The molecule has 0 saturated carbocycles. The van der Waals surface area contributed by atoms with E-state index in [2.05, 4.69) is 31.1 Å². The summed E-state index contributed by atoms with van der Waals surface area (Å²) < 4.78 is 5.11. The van der Waals surface area contributed by atoms with Crippen LogP contribution in [-0.4, -0.2) is 30.0 Å². The molecule has 0 bridgehead atoms. The Bertz CT molecular complexity index is 1170. The Morgan fingerprint density at radius 2 is 1.74 bits per heavy atom. The highest BCUT2D eigenvalue weighted by Crippen LogP contribution is 2.35. The van der Waals surface area contributed by atoms with E-state index in [0.717, 1.165) is 0 Å². The van der Waals surface area contributed by atoms with Crippen LogP contribution in [0.25, 0.3) is 0 Å². The van der Waals surface area contributed by atoms with Gasteiger partial charge < -0.3 is 15.0 Å². The van der Waals surface area contributed by atoms with Gasteiger partial charge in [-0.05, 0) is 60.4 Å². The van der Waals surface area contributed by atoms with Gasteiger partial charge in [0.15, 0.2) is 5.82 Å². The molecule has 3 rings (SSSR count). The molecule has 0 atom stereocenters. The number of hydrogen-bond acceptors (Lipinski definition) is 5. The molecule has 8 heteroatoms. The van der Waals surface area contributed by atoms with E-state index >= 15 is 0 Å². The summed E-state index contributed by atoms with van der Waals surface area (Å²) in [6, 6.07) is 15.9. The van der Waals surface area contributed by atoms with Crippen LogP contribution in [0.3, 0.4) is 0 Å². The second-order valence-corrected chi connectivity index (χ2v) is 9.46. The monoisotopic (exact) mass is 499 g/mol. The molecule has 1 N–H and O–H groups in total. The Kier molecular flexibility index (Phi) is 8.18. The zero-order valence-electron chi connectivity index (χ0n) is 19.6. The largest absolute Gasteiger partial charge is 0.465 e. The first kappa shape index (κ1) is 25.5. The fourth-order valence-corrected chi connectivity index (χ4v) is 3.75. The molecule has 0 aliphatic carbocycles. The summed E-state index contributed by atoms with van der Waals surface area (Å²) in [6.45, 7) is 8.17. The maximum absolute atomic E-state index is 13.0. The van der Waals surface area contributed by atoms with E-state index in [1.54, 1.807) is 43.5 Å². The molecular formula is C26H27Cl2N3O3. The number of ether oxygens (including phenoxy) is 1. The SMILES string of the molecule is CCOC(=O)CN(c1cc(C(=O)Nc2ccc(C(C)(C)C)cc2)ccc1Cl)c1ncccc1Cl.